The van der Waals surface area contributed by atoms with Crippen molar-refractivity contribution in [2.75, 3.05) is 5.73 Å². The normalized spacial score (nSPS) is 13.3. The number of hydrogen-bond acceptors (Lipinski definition) is 6. The monoisotopic (exact) mass is 317 g/mol. The van der Waals surface area contributed by atoms with Crippen molar-refractivity contribution in [3.8, 4) is 0 Å². The topological polar surface area (TPSA) is 68.6 Å². The van der Waals surface area contributed by atoms with Gasteiger partial charge in [-0.05, 0) is 37.5 Å². The van der Waals surface area contributed by atoms with Gasteiger partial charge in [-0.3, -0.25) is 0 Å². The van der Waals surface area contributed by atoms with E-state index in [9.17, 15) is 0 Å². The molecule has 1 aromatic carbocycles. The SMILES string of the molecule is CC(=NN=c1sc2ccccc2n1C)c1c(C)nsc1N. The van der Waals surface area contributed by atoms with Crippen molar-refractivity contribution in [2.24, 2.45) is 17.3 Å². The molecule has 0 aliphatic carbocycles. The number of hydrogen-bond donors (Lipinski definition) is 1. The molecule has 3 rings (SSSR count). The van der Waals surface area contributed by atoms with Crippen LogP contribution in [0.2, 0.25) is 0 Å². The highest BCUT2D eigenvalue weighted by Crippen LogP contribution is 2.21. The molecular weight excluding hydrogens is 302 g/mol. The maximum Gasteiger partial charge on any atom is 0.211 e. The molecule has 2 aromatic heterocycles. The van der Waals surface area contributed by atoms with Gasteiger partial charge in [0.25, 0.3) is 0 Å². The van der Waals surface area contributed by atoms with Crippen molar-refractivity contribution in [3.63, 3.8) is 0 Å². The van der Waals surface area contributed by atoms with Crippen LogP contribution in [0.5, 0.6) is 0 Å². The minimum atomic E-state index is 0.685. The van der Waals surface area contributed by atoms with Crippen molar-refractivity contribution in [1.29, 1.82) is 0 Å². The molecule has 0 saturated heterocycles. The fourth-order valence-electron chi connectivity index (χ4n) is 2.17. The molecule has 5 nitrogen and oxygen atoms in total. The Morgan fingerprint density at radius 2 is 2.10 bits per heavy atom. The molecule has 0 radical (unpaired) electrons. The van der Waals surface area contributed by atoms with Crippen LogP contribution in [0.25, 0.3) is 10.2 Å². The number of nitrogens with two attached hydrogens (primary N) is 1. The van der Waals surface area contributed by atoms with E-state index in [-0.39, 0.29) is 0 Å². The number of thiazole rings is 1. The Morgan fingerprint density at radius 3 is 2.76 bits per heavy atom. The molecule has 0 bridgehead atoms. The van der Waals surface area contributed by atoms with E-state index >= 15 is 0 Å². The highest BCUT2D eigenvalue weighted by molar-refractivity contribution is 7.16. The summed E-state index contributed by atoms with van der Waals surface area (Å²) in [5, 5.41) is 9.39. The first-order valence-corrected chi connectivity index (χ1v) is 8.02. The summed E-state index contributed by atoms with van der Waals surface area (Å²) >= 11 is 2.91. The van der Waals surface area contributed by atoms with Gasteiger partial charge in [0.15, 0.2) is 0 Å². The van der Waals surface area contributed by atoms with Gasteiger partial charge in [-0.25, -0.2) is 0 Å². The van der Waals surface area contributed by atoms with Crippen LogP contribution >= 0.6 is 22.9 Å². The quantitative estimate of drug-likeness (QED) is 0.583. The summed E-state index contributed by atoms with van der Waals surface area (Å²) in [6.07, 6.45) is 0. The Hall–Kier alpha value is -1.99. The molecular formula is C14H15N5S2. The van der Waals surface area contributed by atoms with Gasteiger partial charge >= 0.3 is 0 Å². The number of fused-ring (bicyclic) bond motifs is 1. The van der Waals surface area contributed by atoms with Crippen molar-refractivity contribution in [1.82, 2.24) is 8.94 Å². The van der Waals surface area contributed by atoms with Gasteiger partial charge in [0.05, 0.1) is 27.2 Å². The lowest BCUT2D eigenvalue weighted by molar-refractivity contribution is 0.888. The first-order chi connectivity index (χ1) is 10.1. The molecule has 2 N–H and O–H groups in total. The van der Waals surface area contributed by atoms with Gasteiger partial charge in [0.1, 0.15) is 5.00 Å². The summed E-state index contributed by atoms with van der Waals surface area (Å²) in [5.74, 6) is 0. The Morgan fingerprint density at radius 1 is 1.33 bits per heavy atom. The molecule has 108 valence electrons. The smallest absolute Gasteiger partial charge is 0.211 e. The second kappa shape index (κ2) is 5.42. The zero-order valence-electron chi connectivity index (χ0n) is 12.0. The van der Waals surface area contributed by atoms with Gasteiger partial charge in [-0.15, -0.1) is 5.10 Å². The number of aryl methyl sites for hydroxylation is 2. The number of nitrogens with zero attached hydrogens (tertiary/aromatic N) is 4. The van der Waals surface area contributed by atoms with E-state index in [1.165, 1.54) is 16.2 Å². The van der Waals surface area contributed by atoms with Crippen LogP contribution in [0.4, 0.5) is 5.00 Å². The van der Waals surface area contributed by atoms with E-state index in [2.05, 4.69) is 26.7 Å². The summed E-state index contributed by atoms with van der Waals surface area (Å²) in [7, 11) is 1.99. The average Bonchev–Trinajstić information content (AvgIpc) is 2.97. The molecule has 2 heterocycles. The van der Waals surface area contributed by atoms with Gasteiger partial charge in [0.2, 0.25) is 4.80 Å². The fourth-order valence-corrected chi connectivity index (χ4v) is 3.86. The largest absolute Gasteiger partial charge is 0.389 e. The lowest BCUT2D eigenvalue weighted by Crippen LogP contribution is -2.09. The fraction of sp³-hybridized carbons (Fsp3) is 0.214. The average molecular weight is 317 g/mol. The summed E-state index contributed by atoms with van der Waals surface area (Å²) in [6.45, 7) is 3.84. The van der Waals surface area contributed by atoms with E-state index in [0.717, 1.165) is 27.3 Å². The molecule has 0 unspecified atom stereocenters. The zero-order chi connectivity index (χ0) is 15.0. The third-order valence-electron chi connectivity index (χ3n) is 3.25. The zero-order valence-corrected chi connectivity index (χ0v) is 13.6. The maximum absolute atomic E-state index is 5.93. The number of para-hydroxylation sites is 1. The van der Waals surface area contributed by atoms with Crippen molar-refractivity contribution >= 4 is 43.8 Å². The standard InChI is InChI=1S/C14H15N5S2/c1-8(12-9(2)18-21-13(12)15)16-17-14-19(3)10-6-4-5-7-11(10)20-14/h4-7H,15H2,1-3H3. The Bertz CT molecular complexity index is 878. The predicted octanol–water partition coefficient (Wildman–Crippen LogP) is 2.91. The van der Waals surface area contributed by atoms with Crippen LogP contribution in [0.15, 0.2) is 34.5 Å². The van der Waals surface area contributed by atoms with Crippen LogP contribution in [0.3, 0.4) is 0 Å². The lowest BCUT2D eigenvalue weighted by Gasteiger charge is -1.97. The summed E-state index contributed by atoms with van der Waals surface area (Å²) in [6, 6.07) is 8.21. The molecule has 3 aromatic rings. The van der Waals surface area contributed by atoms with Crippen LogP contribution in [-0.4, -0.2) is 14.7 Å². The Balaban J connectivity index is 2.09. The minimum Gasteiger partial charge on any atom is -0.389 e. The van der Waals surface area contributed by atoms with Crippen LogP contribution in [0, 0.1) is 6.92 Å². The molecule has 21 heavy (non-hydrogen) atoms. The minimum absolute atomic E-state index is 0.685. The third kappa shape index (κ3) is 2.50. The van der Waals surface area contributed by atoms with Gasteiger partial charge < -0.3 is 10.3 Å². The molecule has 0 aliphatic rings. The maximum atomic E-state index is 5.93. The van der Waals surface area contributed by atoms with E-state index in [0.29, 0.717) is 5.00 Å². The van der Waals surface area contributed by atoms with Crippen molar-refractivity contribution in [2.45, 2.75) is 13.8 Å². The molecule has 0 spiro atoms. The number of rotatable bonds is 2. The van der Waals surface area contributed by atoms with Crippen molar-refractivity contribution < 1.29 is 0 Å². The van der Waals surface area contributed by atoms with E-state index in [1.54, 1.807) is 11.3 Å². The molecule has 0 atom stereocenters. The molecule has 0 aliphatic heterocycles. The van der Waals surface area contributed by atoms with Gasteiger partial charge in [-0.2, -0.15) is 9.47 Å². The first-order valence-electron chi connectivity index (χ1n) is 6.43. The van der Waals surface area contributed by atoms with Gasteiger partial charge in [0, 0.05) is 7.05 Å². The predicted molar refractivity (Wildman–Crippen MR) is 89.8 cm³/mol. The second-order valence-electron chi connectivity index (χ2n) is 4.70. The van der Waals surface area contributed by atoms with E-state index in [4.69, 9.17) is 5.73 Å². The summed E-state index contributed by atoms with van der Waals surface area (Å²) in [4.78, 5) is 0.856. The number of anilines is 1. The Labute approximate surface area is 130 Å². The highest BCUT2D eigenvalue weighted by atomic mass is 32.1. The summed E-state index contributed by atoms with van der Waals surface area (Å²) < 4.78 is 7.47. The van der Waals surface area contributed by atoms with E-state index in [1.807, 2.05) is 37.6 Å². The Kier molecular flexibility index (Phi) is 3.60. The van der Waals surface area contributed by atoms with Crippen LogP contribution in [-0.2, 0) is 7.05 Å². The van der Waals surface area contributed by atoms with Crippen LogP contribution < -0.4 is 10.5 Å². The second-order valence-corrected chi connectivity index (χ2v) is 6.52. The molecule has 0 amide bonds. The van der Waals surface area contributed by atoms with Crippen molar-refractivity contribution in [3.05, 3.63) is 40.3 Å². The highest BCUT2D eigenvalue weighted by Gasteiger charge is 2.10. The van der Waals surface area contributed by atoms with Crippen LogP contribution in [0.1, 0.15) is 18.2 Å². The molecule has 7 heteroatoms. The van der Waals surface area contributed by atoms with E-state index < -0.39 is 0 Å². The summed E-state index contributed by atoms with van der Waals surface area (Å²) in [5.41, 5.74) is 9.67. The molecule has 0 fully saturated rings. The van der Waals surface area contributed by atoms with Gasteiger partial charge in [-0.1, -0.05) is 23.5 Å². The molecule has 0 saturated carbocycles. The lowest BCUT2D eigenvalue weighted by atomic mass is 10.2. The third-order valence-corrected chi connectivity index (χ3v) is 5.12. The number of aromatic nitrogens is 2. The number of nitrogen functional groups attached to an aromatic ring is 1. The number of benzene rings is 1. The first kappa shape index (κ1) is 14.0.